The Morgan fingerprint density at radius 3 is 2.53 bits per heavy atom. The second kappa shape index (κ2) is 6.09. The van der Waals surface area contributed by atoms with Gasteiger partial charge in [0.25, 0.3) is 0 Å². The smallest absolute Gasteiger partial charge is 0.119 e. The number of hydrogen-bond acceptors (Lipinski definition) is 1. The van der Waals surface area contributed by atoms with Crippen molar-refractivity contribution in [3.63, 3.8) is 0 Å². The molecule has 95 valence electrons. The Kier molecular flexibility index (Phi) is 5.04. The highest BCUT2D eigenvalue weighted by Crippen LogP contribution is 2.33. The number of rotatable bonds is 6. The van der Waals surface area contributed by atoms with Crippen LogP contribution in [0.15, 0.2) is 18.2 Å². The molecule has 1 rings (SSSR count). The first kappa shape index (κ1) is 14.1. The molecule has 0 unspecified atom stereocenters. The number of aryl methyl sites for hydroxylation is 1. The summed E-state index contributed by atoms with van der Waals surface area (Å²) in [6.45, 7) is 10.8. The summed E-state index contributed by atoms with van der Waals surface area (Å²) in [7, 11) is 1.73. The van der Waals surface area contributed by atoms with Gasteiger partial charge in [0, 0.05) is 0 Å². The van der Waals surface area contributed by atoms with Crippen LogP contribution in [0, 0.1) is 6.92 Å². The zero-order valence-corrected chi connectivity index (χ0v) is 11.7. The predicted molar refractivity (Wildman–Crippen MR) is 74.6 cm³/mol. The zero-order chi connectivity index (χ0) is 12.9. The van der Waals surface area contributed by atoms with Gasteiger partial charge in [-0.3, -0.25) is 0 Å². The van der Waals surface area contributed by atoms with Crippen LogP contribution >= 0.6 is 0 Å². The van der Waals surface area contributed by atoms with Crippen molar-refractivity contribution in [2.45, 2.75) is 51.9 Å². The molecule has 0 fully saturated rings. The van der Waals surface area contributed by atoms with Gasteiger partial charge < -0.3 is 4.74 Å². The lowest BCUT2D eigenvalue weighted by Gasteiger charge is -2.27. The van der Waals surface area contributed by atoms with Crippen LogP contribution in [-0.2, 0) is 11.8 Å². The first-order chi connectivity index (χ1) is 8.05. The molecule has 0 aliphatic rings. The molecule has 0 saturated heterocycles. The molecular weight excluding hydrogens is 208 g/mol. The fourth-order valence-electron chi connectivity index (χ4n) is 2.04. The van der Waals surface area contributed by atoms with Crippen LogP contribution in [0.3, 0.4) is 0 Å². The molecule has 0 aliphatic heterocycles. The van der Waals surface area contributed by atoms with Crippen LogP contribution in [0.5, 0.6) is 5.75 Å². The molecule has 1 nitrogen and oxygen atoms in total. The third-order valence-electron chi connectivity index (χ3n) is 3.63. The van der Waals surface area contributed by atoms with Gasteiger partial charge in [0.15, 0.2) is 0 Å². The lowest BCUT2D eigenvalue weighted by atomic mass is 9.78. The summed E-state index contributed by atoms with van der Waals surface area (Å²) in [5, 5.41) is 0. The van der Waals surface area contributed by atoms with Crippen molar-refractivity contribution >= 4 is 0 Å². The third kappa shape index (κ3) is 3.49. The highest BCUT2D eigenvalue weighted by molar-refractivity contribution is 5.40. The molecule has 0 bridgehead atoms. The summed E-state index contributed by atoms with van der Waals surface area (Å²) >= 11 is 0. The normalized spacial score (nSPS) is 11.6. The van der Waals surface area contributed by atoms with E-state index >= 15 is 0 Å². The lowest BCUT2D eigenvalue weighted by Crippen LogP contribution is -2.18. The van der Waals surface area contributed by atoms with E-state index < -0.39 is 0 Å². The van der Waals surface area contributed by atoms with Crippen molar-refractivity contribution in [1.29, 1.82) is 0 Å². The Morgan fingerprint density at radius 2 is 2.00 bits per heavy atom. The molecular formula is C16H25O. The number of methoxy groups -OCH3 is 1. The Bertz CT molecular complexity index is 353. The fourth-order valence-corrected chi connectivity index (χ4v) is 2.04. The molecule has 0 aromatic heterocycles. The zero-order valence-electron chi connectivity index (χ0n) is 11.7. The molecule has 17 heavy (non-hydrogen) atoms. The second-order valence-corrected chi connectivity index (χ2v) is 5.22. The first-order valence-corrected chi connectivity index (χ1v) is 6.51. The Labute approximate surface area is 106 Å². The summed E-state index contributed by atoms with van der Waals surface area (Å²) in [5.74, 6) is 0.958. The minimum Gasteiger partial charge on any atom is -0.497 e. The summed E-state index contributed by atoms with van der Waals surface area (Å²) in [5.41, 5.74) is 3.08. The van der Waals surface area contributed by atoms with E-state index in [2.05, 4.69) is 45.9 Å². The van der Waals surface area contributed by atoms with Crippen LogP contribution in [-0.4, -0.2) is 7.11 Å². The maximum atomic E-state index is 5.34. The van der Waals surface area contributed by atoms with Crippen LogP contribution in [0.4, 0.5) is 0 Å². The minimum absolute atomic E-state index is 0.213. The summed E-state index contributed by atoms with van der Waals surface area (Å²) in [4.78, 5) is 0. The van der Waals surface area contributed by atoms with Gasteiger partial charge in [-0.1, -0.05) is 40.2 Å². The number of benzene rings is 1. The summed E-state index contributed by atoms with van der Waals surface area (Å²) in [6.07, 6.45) is 4.40. The maximum Gasteiger partial charge on any atom is 0.119 e. The Hall–Kier alpha value is -0.980. The molecule has 0 spiro atoms. The Morgan fingerprint density at radius 1 is 1.29 bits per heavy atom. The monoisotopic (exact) mass is 233 g/mol. The SMILES string of the molecule is [CH2]CCCc1ccc(OC)cc1C(C)(C)CC. The molecule has 0 atom stereocenters. The molecule has 1 aromatic rings. The van der Waals surface area contributed by atoms with E-state index in [0.29, 0.717) is 0 Å². The lowest BCUT2D eigenvalue weighted by molar-refractivity contribution is 0.410. The first-order valence-electron chi connectivity index (χ1n) is 6.51. The van der Waals surface area contributed by atoms with Crippen LogP contribution in [0.2, 0.25) is 0 Å². The van der Waals surface area contributed by atoms with Crippen molar-refractivity contribution in [2.24, 2.45) is 0 Å². The van der Waals surface area contributed by atoms with E-state index in [1.165, 1.54) is 11.1 Å². The third-order valence-corrected chi connectivity index (χ3v) is 3.63. The predicted octanol–water partition coefficient (Wildman–Crippen LogP) is 4.54. The van der Waals surface area contributed by atoms with Crippen molar-refractivity contribution in [2.75, 3.05) is 7.11 Å². The van der Waals surface area contributed by atoms with Gasteiger partial charge in [0.2, 0.25) is 0 Å². The number of unbranched alkanes of at least 4 members (excludes halogenated alkanes) is 1. The molecule has 0 heterocycles. The van der Waals surface area contributed by atoms with Crippen LogP contribution in [0.25, 0.3) is 0 Å². The quantitative estimate of drug-likeness (QED) is 0.701. The summed E-state index contributed by atoms with van der Waals surface area (Å²) < 4.78 is 5.34. The molecule has 0 saturated carbocycles. The highest BCUT2D eigenvalue weighted by atomic mass is 16.5. The van der Waals surface area contributed by atoms with Gasteiger partial charge >= 0.3 is 0 Å². The van der Waals surface area contributed by atoms with Gasteiger partial charge in [0.05, 0.1) is 7.11 Å². The second-order valence-electron chi connectivity index (χ2n) is 5.22. The van der Waals surface area contributed by atoms with E-state index in [1.54, 1.807) is 7.11 Å². The molecule has 0 N–H and O–H groups in total. The van der Waals surface area contributed by atoms with Gasteiger partial charge in [-0.25, -0.2) is 0 Å². The van der Waals surface area contributed by atoms with Crippen molar-refractivity contribution in [1.82, 2.24) is 0 Å². The molecule has 0 amide bonds. The van der Waals surface area contributed by atoms with Crippen LogP contribution in [0.1, 0.15) is 51.2 Å². The standard InChI is InChI=1S/C16H25O/c1-6-8-9-13-10-11-14(17-5)12-15(13)16(3,4)7-2/h10-12H,1,6-9H2,2-5H3. The van der Waals surface area contributed by atoms with Gasteiger partial charge in [0.1, 0.15) is 5.75 Å². The molecule has 1 heteroatoms. The van der Waals surface area contributed by atoms with E-state index in [-0.39, 0.29) is 5.41 Å². The summed E-state index contributed by atoms with van der Waals surface area (Å²) in [6, 6.07) is 6.47. The van der Waals surface area contributed by atoms with Gasteiger partial charge in [-0.2, -0.15) is 0 Å². The average molecular weight is 233 g/mol. The van der Waals surface area contributed by atoms with E-state index in [9.17, 15) is 0 Å². The van der Waals surface area contributed by atoms with Gasteiger partial charge in [-0.05, 0) is 47.9 Å². The van der Waals surface area contributed by atoms with E-state index in [4.69, 9.17) is 4.74 Å². The van der Waals surface area contributed by atoms with Crippen molar-refractivity contribution in [3.8, 4) is 5.75 Å². The minimum atomic E-state index is 0.213. The topological polar surface area (TPSA) is 9.23 Å². The number of hydrogen-bond donors (Lipinski definition) is 0. The number of ether oxygens (including phenoxy) is 1. The average Bonchev–Trinajstić information content (AvgIpc) is 2.36. The fraction of sp³-hybridized carbons (Fsp3) is 0.562. The van der Waals surface area contributed by atoms with Crippen LogP contribution < -0.4 is 4.74 Å². The highest BCUT2D eigenvalue weighted by Gasteiger charge is 2.21. The molecule has 1 radical (unpaired) electrons. The maximum absolute atomic E-state index is 5.34. The Balaban J connectivity index is 3.11. The molecule has 0 aliphatic carbocycles. The van der Waals surface area contributed by atoms with Gasteiger partial charge in [-0.15, -0.1) is 0 Å². The van der Waals surface area contributed by atoms with Crippen molar-refractivity contribution < 1.29 is 4.74 Å². The largest absolute Gasteiger partial charge is 0.497 e. The molecule has 1 aromatic carbocycles. The van der Waals surface area contributed by atoms with E-state index in [0.717, 1.165) is 31.4 Å². The van der Waals surface area contributed by atoms with E-state index in [1.807, 2.05) is 0 Å². The van der Waals surface area contributed by atoms with Crippen molar-refractivity contribution in [3.05, 3.63) is 36.2 Å².